The first-order chi connectivity index (χ1) is 15.5. The number of amides is 2. The van der Waals surface area contributed by atoms with Crippen molar-refractivity contribution in [2.75, 3.05) is 17.2 Å². The van der Waals surface area contributed by atoms with Crippen LogP contribution < -0.4 is 16.0 Å². The van der Waals surface area contributed by atoms with Crippen molar-refractivity contribution in [1.82, 2.24) is 5.32 Å². The number of rotatable bonds is 7. The van der Waals surface area contributed by atoms with Gasteiger partial charge in [-0.2, -0.15) is 0 Å². The first-order valence-corrected chi connectivity index (χ1v) is 12.0. The molecule has 0 fully saturated rings. The number of thiophene rings is 1. The smallest absolute Gasteiger partial charge is 0.271 e. The van der Waals surface area contributed by atoms with Crippen LogP contribution in [0.1, 0.15) is 61.8 Å². The standard InChI is InChI=1S/C24H32N4O4S/c1-14(2)25-13-20(29)27-23-21(18-10-9-15(24(3,4)5)11-19(18)33-23)22(30)26-16-7-6-8-17(12-16)28(31)32/h6-8,12,14-15,25H,9-11,13H2,1-5H3,(H,26,30)(H,27,29). The van der Waals surface area contributed by atoms with Gasteiger partial charge >= 0.3 is 0 Å². The van der Waals surface area contributed by atoms with Crippen LogP contribution in [-0.2, 0) is 17.6 Å². The van der Waals surface area contributed by atoms with Crippen LogP contribution in [0.3, 0.4) is 0 Å². The Bertz CT molecular complexity index is 1060. The van der Waals surface area contributed by atoms with E-state index in [0.29, 0.717) is 22.2 Å². The van der Waals surface area contributed by atoms with Gasteiger partial charge in [0.2, 0.25) is 5.91 Å². The number of nitrogens with zero attached hydrogens (tertiary/aromatic N) is 1. The van der Waals surface area contributed by atoms with Crippen LogP contribution in [0.2, 0.25) is 0 Å². The van der Waals surface area contributed by atoms with Gasteiger partial charge in [-0.25, -0.2) is 0 Å². The van der Waals surface area contributed by atoms with E-state index in [1.165, 1.54) is 29.5 Å². The Hall–Kier alpha value is -2.78. The molecule has 2 amide bonds. The molecule has 1 aromatic carbocycles. The van der Waals surface area contributed by atoms with Crippen LogP contribution in [0.4, 0.5) is 16.4 Å². The minimum Gasteiger partial charge on any atom is -0.322 e. The van der Waals surface area contributed by atoms with Gasteiger partial charge in [-0.15, -0.1) is 11.3 Å². The van der Waals surface area contributed by atoms with Crippen molar-refractivity contribution in [2.45, 2.75) is 59.9 Å². The highest BCUT2D eigenvalue weighted by Gasteiger charge is 2.34. The van der Waals surface area contributed by atoms with Crippen LogP contribution in [-0.4, -0.2) is 29.3 Å². The number of hydrogen-bond donors (Lipinski definition) is 3. The van der Waals surface area contributed by atoms with E-state index in [9.17, 15) is 19.7 Å². The minimum absolute atomic E-state index is 0.0959. The predicted molar refractivity (Wildman–Crippen MR) is 132 cm³/mol. The monoisotopic (exact) mass is 472 g/mol. The Morgan fingerprint density at radius 3 is 2.61 bits per heavy atom. The molecule has 1 aliphatic rings. The van der Waals surface area contributed by atoms with Crippen molar-refractivity contribution in [2.24, 2.45) is 11.3 Å². The number of nitro groups is 1. The molecule has 9 heteroatoms. The number of nitrogens with one attached hydrogen (secondary N) is 3. The maximum absolute atomic E-state index is 13.3. The molecule has 8 nitrogen and oxygen atoms in total. The normalized spacial score (nSPS) is 15.8. The van der Waals surface area contributed by atoms with Gasteiger partial charge in [0, 0.05) is 28.7 Å². The highest BCUT2D eigenvalue weighted by atomic mass is 32.1. The molecule has 1 heterocycles. The van der Waals surface area contributed by atoms with Gasteiger partial charge in [0.05, 0.1) is 17.0 Å². The van der Waals surface area contributed by atoms with E-state index in [0.717, 1.165) is 29.7 Å². The van der Waals surface area contributed by atoms with Crippen LogP contribution in [0.15, 0.2) is 24.3 Å². The van der Waals surface area contributed by atoms with Crippen LogP contribution in [0.5, 0.6) is 0 Å². The van der Waals surface area contributed by atoms with Gasteiger partial charge in [0.1, 0.15) is 5.00 Å². The molecule has 1 unspecified atom stereocenters. The molecule has 178 valence electrons. The zero-order valence-electron chi connectivity index (χ0n) is 19.8. The lowest BCUT2D eigenvalue weighted by Crippen LogP contribution is -2.32. The van der Waals surface area contributed by atoms with E-state index >= 15 is 0 Å². The number of carbonyl (C=O) groups is 2. The van der Waals surface area contributed by atoms with E-state index in [-0.39, 0.29) is 35.5 Å². The second-order valence-corrected chi connectivity index (χ2v) is 11.0. The fourth-order valence-electron chi connectivity index (χ4n) is 4.01. The number of carbonyl (C=O) groups excluding carboxylic acids is 2. The first kappa shape index (κ1) is 24.9. The molecule has 33 heavy (non-hydrogen) atoms. The van der Waals surface area contributed by atoms with Crippen LogP contribution >= 0.6 is 11.3 Å². The average molecular weight is 473 g/mol. The summed E-state index contributed by atoms with van der Waals surface area (Å²) in [5, 5.41) is 20.4. The lowest BCUT2D eigenvalue weighted by molar-refractivity contribution is -0.384. The van der Waals surface area contributed by atoms with Gasteiger partial charge in [-0.1, -0.05) is 40.7 Å². The van der Waals surface area contributed by atoms with Gasteiger partial charge in [0.25, 0.3) is 11.6 Å². The molecule has 3 rings (SSSR count). The lowest BCUT2D eigenvalue weighted by Gasteiger charge is -2.33. The Morgan fingerprint density at radius 1 is 1.24 bits per heavy atom. The van der Waals surface area contributed by atoms with Crippen LogP contribution in [0.25, 0.3) is 0 Å². The molecule has 3 N–H and O–H groups in total. The molecule has 1 aromatic heterocycles. The van der Waals surface area contributed by atoms with E-state index < -0.39 is 4.92 Å². The summed E-state index contributed by atoms with van der Waals surface area (Å²) in [4.78, 5) is 37.6. The zero-order valence-corrected chi connectivity index (χ0v) is 20.6. The van der Waals surface area contributed by atoms with Gasteiger partial charge in [-0.3, -0.25) is 19.7 Å². The van der Waals surface area contributed by atoms with E-state index in [4.69, 9.17) is 0 Å². The van der Waals surface area contributed by atoms with Crippen LogP contribution in [0, 0.1) is 21.4 Å². The molecular formula is C24H32N4O4S. The third-order valence-corrected chi connectivity index (χ3v) is 7.13. The van der Waals surface area contributed by atoms with Crippen molar-refractivity contribution in [3.63, 3.8) is 0 Å². The van der Waals surface area contributed by atoms with Crippen molar-refractivity contribution >= 4 is 39.5 Å². The van der Waals surface area contributed by atoms with Crippen molar-refractivity contribution in [3.8, 4) is 0 Å². The number of non-ortho nitro benzene ring substituents is 1. The summed E-state index contributed by atoms with van der Waals surface area (Å²) in [5.41, 5.74) is 1.83. The second-order valence-electron chi connectivity index (χ2n) is 9.86. The molecule has 0 saturated carbocycles. The summed E-state index contributed by atoms with van der Waals surface area (Å²) in [6, 6.07) is 6.02. The molecule has 0 bridgehead atoms. The summed E-state index contributed by atoms with van der Waals surface area (Å²) in [6.45, 7) is 10.8. The predicted octanol–water partition coefficient (Wildman–Crippen LogP) is 5.00. The Kier molecular flexibility index (Phi) is 7.54. The highest BCUT2D eigenvalue weighted by molar-refractivity contribution is 7.17. The molecule has 0 radical (unpaired) electrons. The lowest BCUT2D eigenvalue weighted by atomic mass is 9.72. The quantitative estimate of drug-likeness (QED) is 0.388. The summed E-state index contributed by atoms with van der Waals surface area (Å²) in [6.07, 6.45) is 2.58. The second kappa shape index (κ2) is 10.0. The number of fused-ring (bicyclic) bond motifs is 1. The Morgan fingerprint density at radius 2 is 1.97 bits per heavy atom. The zero-order chi connectivity index (χ0) is 24.3. The van der Waals surface area contributed by atoms with Gasteiger partial charge < -0.3 is 16.0 Å². The maximum Gasteiger partial charge on any atom is 0.271 e. The first-order valence-electron chi connectivity index (χ1n) is 11.2. The van der Waals surface area contributed by atoms with Gasteiger partial charge in [0.15, 0.2) is 0 Å². The molecule has 1 atom stereocenters. The molecule has 0 saturated heterocycles. The summed E-state index contributed by atoms with van der Waals surface area (Å²) in [7, 11) is 0. The topological polar surface area (TPSA) is 113 Å². The number of anilines is 2. The molecule has 0 aliphatic heterocycles. The SMILES string of the molecule is CC(C)NCC(=O)Nc1sc2c(c1C(=O)Nc1cccc([N+](=O)[O-])c1)CCC(C(C)(C)C)C2. The molecular weight excluding hydrogens is 440 g/mol. The maximum atomic E-state index is 13.3. The van der Waals surface area contributed by atoms with Crippen molar-refractivity contribution < 1.29 is 14.5 Å². The van der Waals surface area contributed by atoms with E-state index in [1.807, 2.05) is 13.8 Å². The fraction of sp³-hybridized carbons (Fsp3) is 0.500. The summed E-state index contributed by atoms with van der Waals surface area (Å²) in [5.74, 6) is -0.0871. The average Bonchev–Trinajstić information content (AvgIpc) is 3.08. The third-order valence-electron chi connectivity index (χ3n) is 5.96. The number of benzene rings is 1. The molecule has 1 aliphatic carbocycles. The van der Waals surface area contributed by atoms with Crippen molar-refractivity contribution in [3.05, 3.63) is 50.4 Å². The summed E-state index contributed by atoms with van der Waals surface area (Å²) >= 11 is 1.46. The molecule has 2 aromatic rings. The minimum atomic E-state index is -0.498. The van der Waals surface area contributed by atoms with Crippen molar-refractivity contribution in [1.29, 1.82) is 0 Å². The fourth-order valence-corrected chi connectivity index (χ4v) is 5.35. The van der Waals surface area contributed by atoms with E-state index in [2.05, 4.69) is 36.7 Å². The number of nitro benzene ring substituents is 1. The highest BCUT2D eigenvalue weighted by Crippen LogP contribution is 2.44. The summed E-state index contributed by atoms with van der Waals surface area (Å²) < 4.78 is 0. The Labute approximate surface area is 198 Å². The molecule has 0 spiro atoms. The largest absolute Gasteiger partial charge is 0.322 e. The number of hydrogen-bond acceptors (Lipinski definition) is 6. The third kappa shape index (κ3) is 6.17. The van der Waals surface area contributed by atoms with Gasteiger partial charge in [-0.05, 0) is 42.2 Å². The Balaban J connectivity index is 1.91. The van der Waals surface area contributed by atoms with E-state index in [1.54, 1.807) is 6.07 Å².